The number of rotatable bonds is 6. The second kappa shape index (κ2) is 10.3. The van der Waals surface area contributed by atoms with E-state index >= 15 is 0 Å². The number of carbonyl (C=O) groups excluding carboxylic acids is 2. The number of ether oxygens (including phenoxy) is 1. The number of nitrogens with zero attached hydrogens (tertiary/aromatic N) is 2. The van der Waals surface area contributed by atoms with E-state index in [1.54, 1.807) is 68.5 Å². The van der Waals surface area contributed by atoms with E-state index in [4.69, 9.17) is 20.8 Å². The Morgan fingerprint density at radius 2 is 1.84 bits per heavy atom. The van der Waals surface area contributed by atoms with E-state index in [1.165, 1.54) is 28.0 Å². The summed E-state index contributed by atoms with van der Waals surface area (Å²) in [5.41, 5.74) is 1.85. The largest absolute Gasteiger partial charge is 0.545 e. The lowest BCUT2D eigenvalue weighted by Crippen LogP contribution is -2.39. The minimum Gasteiger partial charge on any atom is -0.545 e. The summed E-state index contributed by atoms with van der Waals surface area (Å²) in [7, 11) is 0. The van der Waals surface area contributed by atoms with E-state index in [0.29, 0.717) is 42.7 Å². The summed E-state index contributed by atoms with van der Waals surface area (Å²) in [6.45, 7) is 3.62. The number of furan rings is 1. The molecule has 0 saturated carbocycles. The topological polar surface area (TPSA) is 114 Å². The summed E-state index contributed by atoms with van der Waals surface area (Å²) in [5, 5.41) is 11.5. The average molecular weight is 548 g/mol. The van der Waals surface area contributed by atoms with Crippen LogP contribution in [0.1, 0.15) is 41.6 Å². The van der Waals surface area contributed by atoms with Gasteiger partial charge in [0.1, 0.15) is 11.5 Å². The van der Waals surface area contributed by atoms with Gasteiger partial charge in [-0.05, 0) is 49.2 Å². The maximum absolute atomic E-state index is 13.7. The molecule has 38 heavy (non-hydrogen) atoms. The molecular formula is C28H20ClN2O6S-. The van der Waals surface area contributed by atoms with Crippen molar-refractivity contribution in [2.24, 2.45) is 4.99 Å². The van der Waals surface area contributed by atoms with Crippen molar-refractivity contribution >= 4 is 41.0 Å². The van der Waals surface area contributed by atoms with Gasteiger partial charge in [-0.15, -0.1) is 0 Å². The Morgan fingerprint density at radius 1 is 1.13 bits per heavy atom. The normalized spacial score (nSPS) is 15.2. The fourth-order valence-electron chi connectivity index (χ4n) is 4.24. The Labute approximate surface area is 225 Å². The van der Waals surface area contributed by atoms with Crippen molar-refractivity contribution in [1.82, 2.24) is 4.57 Å². The van der Waals surface area contributed by atoms with Crippen molar-refractivity contribution < 1.29 is 23.8 Å². The van der Waals surface area contributed by atoms with Crippen LogP contribution >= 0.6 is 22.9 Å². The number of fused-ring (bicyclic) bond motifs is 1. The lowest BCUT2D eigenvalue weighted by molar-refractivity contribution is -0.255. The molecule has 1 aliphatic rings. The fraction of sp³-hybridized carbons (Fsp3) is 0.143. The quantitative estimate of drug-likeness (QED) is 0.343. The molecule has 0 saturated heterocycles. The van der Waals surface area contributed by atoms with Gasteiger partial charge >= 0.3 is 5.97 Å². The van der Waals surface area contributed by atoms with Gasteiger partial charge in [0, 0.05) is 16.7 Å². The molecule has 1 aliphatic heterocycles. The van der Waals surface area contributed by atoms with E-state index in [2.05, 4.69) is 4.99 Å². The number of aromatic nitrogens is 1. The number of hydrogen-bond acceptors (Lipinski definition) is 8. The van der Waals surface area contributed by atoms with Crippen LogP contribution in [0.5, 0.6) is 0 Å². The van der Waals surface area contributed by atoms with Crippen molar-refractivity contribution in [2.75, 3.05) is 6.61 Å². The van der Waals surface area contributed by atoms with Gasteiger partial charge in [-0.25, -0.2) is 9.79 Å². The number of halogens is 1. The van der Waals surface area contributed by atoms with Gasteiger partial charge in [-0.1, -0.05) is 59.3 Å². The molecule has 192 valence electrons. The van der Waals surface area contributed by atoms with E-state index in [0.717, 1.165) is 0 Å². The highest BCUT2D eigenvalue weighted by Crippen LogP contribution is 2.31. The van der Waals surface area contributed by atoms with Crippen LogP contribution in [0.4, 0.5) is 0 Å². The Hall–Kier alpha value is -4.21. The molecular weight excluding hydrogens is 528 g/mol. The molecule has 2 aromatic heterocycles. The fourth-order valence-corrected chi connectivity index (χ4v) is 5.39. The average Bonchev–Trinajstić information content (AvgIpc) is 3.48. The lowest BCUT2D eigenvalue weighted by atomic mass is 9.96. The molecule has 0 unspecified atom stereocenters. The molecule has 2 aromatic carbocycles. The molecule has 8 nitrogen and oxygen atoms in total. The maximum atomic E-state index is 13.7. The van der Waals surface area contributed by atoms with E-state index in [1.807, 2.05) is 0 Å². The zero-order valence-corrected chi connectivity index (χ0v) is 21.8. The molecule has 3 heterocycles. The third-order valence-electron chi connectivity index (χ3n) is 6.01. The summed E-state index contributed by atoms with van der Waals surface area (Å²) >= 11 is 7.27. The molecule has 1 atom stereocenters. The molecule has 0 aliphatic carbocycles. The zero-order chi connectivity index (χ0) is 27.0. The van der Waals surface area contributed by atoms with Crippen LogP contribution in [-0.2, 0) is 9.53 Å². The third-order valence-corrected chi connectivity index (χ3v) is 7.24. The van der Waals surface area contributed by atoms with Crippen molar-refractivity contribution in [3.8, 4) is 11.3 Å². The van der Waals surface area contributed by atoms with Crippen LogP contribution < -0.4 is 20.0 Å². The maximum Gasteiger partial charge on any atom is 0.338 e. The minimum atomic E-state index is -1.26. The van der Waals surface area contributed by atoms with Gasteiger partial charge in [0.25, 0.3) is 5.56 Å². The monoisotopic (exact) mass is 547 g/mol. The molecule has 5 rings (SSSR count). The number of allylic oxidation sites excluding steroid dienone is 1. The van der Waals surface area contributed by atoms with Crippen LogP contribution in [0.15, 0.2) is 86.1 Å². The van der Waals surface area contributed by atoms with E-state index in [-0.39, 0.29) is 23.3 Å². The predicted molar refractivity (Wildman–Crippen MR) is 140 cm³/mol. The number of thiazole rings is 1. The molecule has 0 amide bonds. The van der Waals surface area contributed by atoms with Crippen molar-refractivity contribution in [3.05, 3.63) is 114 Å². The first-order valence-corrected chi connectivity index (χ1v) is 12.8. The van der Waals surface area contributed by atoms with Crippen molar-refractivity contribution in [3.63, 3.8) is 0 Å². The molecule has 10 heteroatoms. The highest BCUT2D eigenvalue weighted by atomic mass is 35.5. The Balaban J connectivity index is 1.59. The van der Waals surface area contributed by atoms with E-state index in [9.17, 15) is 19.5 Å². The Morgan fingerprint density at radius 3 is 2.50 bits per heavy atom. The third kappa shape index (κ3) is 4.73. The first-order valence-electron chi connectivity index (χ1n) is 11.6. The summed E-state index contributed by atoms with van der Waals surface area (Å²) in [6.07, 6.45) is 1.62. The van der Waals surface area contributed by atoms with Gasteiger partial charge < -0.3 is 19.1 Å². The number of carbonyl (C=O) groups is 2. The van der Waals surface area contributed by atoms with Crippen LogP contribution in [-0.4, -0.2) is 23.1 Å². The highest BCUT2D eigenvalue weighted by Gasteiger charge is 2.33. The number of aromatic carboxylic acids is 1. The van der Waals surface area contributed by atoms with Crippen LogP contribution in [0.25, 0.3) is 17.4 Å². The summed E-state index contributed by atoms with van der Waals surface area (Å²) in [5.74, 6) is -0.860. The minimum absolute atomic E-state index is 0.0642. The molecule has 0 bridgehead atoms. The van der Waals surface area contributed by atoms with Gasteiger partial charge in [0.2, 0.25) is 0 Å². The van der Waals surface area contributed by atoms with E-state index < -0.39 is 18.0 Å². The standard InChI is InChI=1S/C28H21ClN2O6S/c1-3-36-27(35)23-15(2)30-28-31(24(23)17-8-10-19(29)11-9-17)25(32)22(38-28)14-20-12-13-21(37-20)16-4-6-18(7-5-16)26(33)34/h4-14,24H,3H2,1-2H3,(H,33,34)/p-1/b22-14-/t24-/m0/s1. The number of benzene rings is 2. The van der Waals surface area contributed by atoms with Gasteiger partial charge in [0.15, 0.2) is 4.80 Å². The van der Waals surface area contributed by atoms with Crippen LogP contribution in [0, 0.1) is 0 Å². The summed E-state index contributed by atoms with van der Waals surface area (Å²) in [6, 6.07) is 15.8. The molecule has 0 radical (unpaired) electrons. The second-order valence-electron chi connectivity index (χ2n) is 8.42. The Kier molecular flexibility index (Phi) is 6.88. The molecule has 0 fully saturated rings. The Bertz CT molecular complexity index is 1760. The van der Waals surface area contributed by atoms with Crippen molar-refractivity contribution in [1.29, 1.82) is 0 Å². The summed E-state index contributed by atoms with van der Waals surface area (Å²) < 4.78 is 13.1. The number of esters is 1. The predicted octanol–water partition coefficient (Wildman–Crippen LogP) is 3.08. The van der Waals surface area contributed by atoms with Crippen LogP contribution in [0.3, 0.4) is 0 Å². The van der Waals surface area contributed by atoms with Gasteiger partial charge in [-0.2, -0.15) is 0 Å². The first kappa shape index (κ1) is 25.4. The number of hydrogen-bond donors (Lipinski definition) is 0. The lowest BCUT2D eigenvalue weighted by Gasteiger charge is -2.24. The SMILES string of the molecule is CCOC(=O)C1=C(C)N=c2s/c(=C\c3ccc(-c4ccc(C(=O)[O-])cc4)o3)c(=O)n2[C@H]1c1ccc(Cl)cc1. The highest BCUT2D eigenvalue weighted by molar-refractivity contribution is 7.07. The molecule has 0 N–H and O–H groups in total. The smallest absolute Gasteiger partial charge is 0.338 e. The molecule has 0 spiro atoms. The number of carboxylic acids is 1. The van der Waals surface area contributed by atoms with Crippen molar-refractivity contribution in [2.45, 2.75) is 19.9 Å². The zero-order valence-electron chi connectivity index (χ0n) is 20.3. The van der Waals surface area contributed by atoms with Gasteiger partial charge in [0.05, 0.1) is 34.4 Å². The second-order valence-corrected chi connectivity index (χ2v) is 9.87. The number of carboxylic acid groups (broad SMARTS) is 1. The molecule has 4 aromatic rings. The van der Waals surface area contributed by atoms with Crippen LogP contribution in [0.2, 0.25) is 5.02 Å². The van der Waals surface area contributed by atoms with Gasteiger partial charge in [-0.3, -0.25) is 9.36 Å². The summed E-state index contributed by atoms with van der Waals surface area (Å²) in [4.78, 5) is 42.6. The first-order chi connectivity index (χ1) is 18.3.